The number of rotatable bonds is 7. The van der Waals surface area contributed by atoms with E-state index in [-0.39, 0.29) is 11.9 Å². The van der Waals surface area contributed by atoms with E-state index in [1.54, 1.807) is 37.7 Å². The van der Waals surface area contributed by atoms with Gasteiger partial charge in [-0.25, -0.2) is 0 Å². The zero-order chi connectivity index (χ0) is 22.0. The van der Waals surface area contributed by atoms with Crippen molar-refractivity contribution in [1.82, 2.24) is 0 Å². The SMILES string of the molecule is COc1ccc(C(=O)c2c(-c3ccc(OC(C)C)cc3)sc3cc(OC)ccc23)cc1. The van der Waals surface area contributed by atoms with Crippen LogP contribution >= 0.6 is 11.3 Å². The van der Waals surface area contributed by atoms with Crippen molar-refractivity contribution in [2.45, 2.75) is 20.0 Å². The molecule has 4 rings (SSSR count). The van der Waals surface area contributed by atoms with Gasteiger partial charge in [-0.15, -0.1) is 11.3 Å². The van der Waals surface area contributed by atoms with Gasteiger partial charge in [0, 0.05) is 26.1 Å². The zero-order valence-electron chi connectivity index (χ0n) is 18.0. The van der Waals surface area contributed by atoms with E-state index in [0.29, 0.717) is 11.1 Å². The third-order valence-corrected chi connectivity index (χ3v) is 6.17. The number of carbonyl (C=O) groups is 1. The quantitative estimate of drug-likeness (QED) is 0.309. The summed E-state index contributed by atoms with van der Waals surface area (Å²) in [7, 11) is 3.26. The fraction of sp³-hybridized carbons (Fsp3) is 0.192. The molecular formula is C26H24O4S. The second-order valence-corrected chi connectivity index (χ2v) is 8.47. The smallest absolute Gasteiger partial charge is 0.195 e. The standard InChI is InChI=1S/C26H24O4S/c1-16(2)30-20-11-7-18(8-12-20)26-24(22-14-13-21(29-4)15-23(22)31-26)25(27)17-5-9-19(28-3)10-6-17/h5-16H,1-4H3. The lowest BCUT2D eigenvalue weighted by atomic mass is 9.97. The highest BCUT2D eigenvalue weighted by Gasteiger charge is 2.22. The Balaban J connectivity index is 1.84. The maximum atomic E-state index is 13.6. The van der Waals surface area contributed by atoms with Gasteiger partial charge in [0.1, 0.15) is 17.2 Å². The van der Waals surface area contributed by atoms with Gasteiger partial charge in [-0.3, -0.25) is 4.79 Å². The number of hydrogen-bond donors (Lipinski definition) is 0. The third-order valence-electron chi connectivity index (χ3n) is 4.96. The summed E-state index contributed by atoms with van der Waals surface area (Å²) in [6.07, 6.45) is 0.106. The Morgan fingerprint density at radius 3 is 2.03 bits per heavy atom. The van der Waals surface area contributed by atoms with E-state index >= 15 is 0 Å². The molecular weight excluding hydrogens is 408 g/mol. The number of ketones is 1. The first-order valence-electron chi connectivity index (χ1n) is 10.1. The fourth-order valence-corrected chi connectivity index (χ4v) is 4.71. The van der Waals surface area contributed by atoms with E-state index in [9.17, 15) is 4.79 Å². The molecule has 0 fully saturated rings. The van der Waals surface area contributed by atoms with E-state index in [2.05, 4.69) is 0 Å². The van der Waals surface area contributed by atoms with E-state index in [1.165, 1.54) is 0 Å². The number of thiophene rings is 1. The molecule has 4 aromatic rings. The predicted molar refractivity (Wildman–Crippen MR) is 126 cm³/mol. The summed E-state index contributed by atoms with van der Waals surface area (Å²) in [5.41, 5.74) is 2.30. The van der Waals surface area contributed by atoms with Gasteiger partial charge in [-0.1, -0.05) is 0 Å². The molecule has 3 aromatic carbocycles. The molecule has 0 atom stereocenters. The van der Waals surface area contributed by atoms with Crippen LogP contribution in [0.4, 0.5) is 0 Å². The van der Waals surface area contributed by atoms with Crippen molar-refractivity contribution in [3.8, 4) is 27.7 Å². The predicted octanol–water partition coefficient (Wildman–Crippen LogP) is 6.60. The Bertz CT molecular complexity index is 1200. The van der Waals surface area contributed by atoms with Gasteiger partial charge in [0.05, 0.1) is 20.3 Å². The van der Waals surface area contributed by atoms with Gasteiger partial charge in [-0.2, -0.15) is 0 Å². The summed E-state index contributed by atoms with van der Waals surface area (Å²) >= 11 is 1.59. The van der Waals surface area contributed by atoms with Gasteiger partial charge >= 0.3 is 0 Å². The summed E-state index contributed by atoms with van der Waals surface area (Å²) < 4.78 is 17.4. The van der Waals surface area contributed by atoms with E-state index < -0.39 is 0 Å². The lowest BCUT2D eigenvalue weighted by Crippen LogP contribution is -2.05. The summed E-state index contributed by atoms with van der Waals surface area (Å²) in [4.78, 5) is 14.5. The van der Waals surface area contributed by atoms with E-state index in [4.69, 9.17) is 14.2 Å². The molecule has 0 spiro atoms. The minimum atomic E-state index is -0.0171. The Morgan fingerprint density at radius 1 is 0.806 bits per heavy atom. The molecule has 31 heavy (non-hydrogen) atoms. The normalized spacial score (nSPS) is 11.0. The molecule has 158 valence electrons. The van der Waals surface area contributed by atoms with Crippen molar-refractivity contribution < 1.29 is 19.0 Å². The molecule has 0 aliphatic rings. The lowest BCUT2D eigenvalue weighted by Gasteiger charge is -2.10. The lowest BCUT2D eigenvalue weighted by molar-refractivity contribution is 0.104. The minimum Gasteiger partial charge on any atom is -0.497 e. The van der Waals surface area contributed by atoms with Gasteiger partial charge in [0.2, 0.25) is 0 Å². The van der Waals surface area contributed by atoms with Gasteiger partial charge in [0.25, 0.3) is 0 Å². The average molecular weight is 433 g/mol. The number of carbonyl (C=O) groups excluding carboxylic acids is 1. The molecule has 0 unspecified atom stereocenters. The third kappa shape index (κ3) is 4.28. The van der Waals surface area contributed by atoms with Crippen LogP contribution in [-0.2, 0) is 0 Å². The summed E-state index contributed by atoms with van der Waals surface area (Å²) in [6.45, 7) is 4.00. The molecule has 1 aromatic heterocycles. The molecule has 0 aliphatic heterocycles. The van der Waals surface area contributed by atoms with E-state index in [1.807, 2.05) is 68.4 Å². The minimum absolute atomic E-state index is 0.0171. The van der Waals surface area contributed by atoms with Crippen molar-refractivity contribution in [1.29, 1.82) is 0 Å². The van der Waals surface area contributed by atoms with Crippen LogP contribution in [0.15, 0.2) is 66.7 Å². The Hall–Kier alpha value is -3.31. The fourth-order valence-electron chi connectivity index (χ4n) is 3.48. The highest BCUT2D eigenvalue weighted by Crippen LogP contribution is 2.41. The number of ether oxygens (including phenoxy) is 3. The second kappa shape index (κ2) is 8.82. The molecule has 0 aliphatic carbocycles. The van der Waals surface area contributed by atoms with Crippen molar-refractivity contribution in [3.05, 3.63) is 77.9 Å². The van der Waals surface area contributed by atoms with Gasteiger partial charge < -0.3 is 14.2 Å². The topological polar surface area (TPSA) is 44.8 Å². The summed E-state index contributed by atoms with van der Waals surface area (Å²) in [5.74, 6) is 2.28. The van der Waals surface area contributed by atoms with Gasteiger partial charge in [-0.05, 0) is 86.1 Å². The monoisotopic (exact) mass is 432 g/mol. The van der Waals surface area contributed by atoms with Crippen LogP contribution in [0.2, 0.25) is 0 Å². The maximum Gasteiger partial charge on any atom is 0.195 e. The molecule has 0 saturated heterocycles. The number of hydrogen-bond acceptors (Lipinski definition) is 5. The first-order chi connectivity index (χ1) is 15.0. The second-order valence-electron chi connectivity index (χ2n) is 7.42. The van der Waals surface area contributed by atoms with Crippen LogP contribution in [-0.4, -0.2) is 26.1 Å². The molecule has 1 heterocycles. The zero-order valence-corrected chi connectivity index (χ0v) is 18.8. The molecule has 0 bridgehead atoms. The Labute approximate surface area is 186 Å². The first kappa shape index (κ1) is 20.9. The molecule has 5 heteroatoms. The molecule has 0 N–H and O–H groups in total. The van der Waals surface area contributed by atoms with Crippen LogP contribution in [0.25, 0.3) is 20.5 Å². The Morgan fingerprint density at radius 2 is 1.42 bits per heavy atom. The van der Waals surface area contributed by atoms with Crippen molar-refractivity contribution in [2.75, 3.05) is 14.2 Å². The summed E-state index contributed by atoms with van der Waals surface area (Å²) in [5, 5.41) is 0.920. The van der Waals surface area contributed by atoms with Gasteiger partial charge in [0.15, 0.2) is 5.78 Å². The van der Waals surface area contributed by atoms with E-state index in [0.717, 1.165) is 37.8 Å². The number of fused-ring (bicyclic) bond motifs is 1. The first-order valence-corrected chi connectivity index (χ1v) is 10.9. The van der Waals surface area contributed by atoms with Crippen molar-refractivity contribution in [2.24, 2.45) is 0 Å². The largest absolute Gasteiger partial charge is 0.497 e. The van der Waals surface area contributed by atoms with Crippen LogP contribution in [0, 0.1) is 0 Å². The highest BCUT2D eigenvalue weighted by molar-refractivity contribution is 7.22. The molecule has 0 radical (unpaired) electrons. The number of benzene rings is 3. The molecule has 0 saturated carbocycles. The molecule has 4 nitrogen and oxygen atoms in total. The maximum absolute atomic E-state index is 13.6. The highest BCUT2D eigenvalue weighted by atomic mass is 32.1. The average Bonchev–Trinajstić information content (AvgIpc) is 3.17. The number of methoxy groups -OCH3 is 2. The Kier molecular flexibility index (Phi) is 5.96. The van der Waals surface area contributed by atoms with Crippen LogP contribution in [0.1, 0.15) is 29.8 Å². The molecule has 0 amide bonds. The van der Waals surface area contributed by atoms with Crippen LogP contribution < -0.4 is 14.2 Å². The van der Waals surface area contributed by atoms with Crippen molar-refractivity contribution in [3.63, 3.8) is 0 Å². The summed E-state index contributed by atoms with van der Waals surface area (Å²) in [6, 6.07) is 21.0. The van der Waals surface area contributed by atoms with Crippen LogP contribution in [0.5, 0.6) is 17.2 Å². The van der Waals surface area contributed by atoms with Crippen LogP contribution in [0.3, 0.4) is 0 Å². The van der Waals surface area contributed by atoms with Crippen molar-refractivity contribution >= 4 is 27.2 Å².